The molecule has 1 aromatic heterocycles. The second-order valence-electron chi connectivity index (χ2n) is 5.23. The van der Waals surface area contributed by atoms with Crippen molar-refractivity contribution in [2.45, 2.75) is 18.9 Å². The average Bonchev–Trinajstić information content (AvgIpc) is 3.20. The van der Waals surface area contributed by atoms with E-state index in [2.05, 4.69) is 15.5 Å². The molecule has 0 radical (unpaired) electrons. The fourth-order valence-electron chi connectivity index (χ4n) is 2.43. The van der Waals surface area contributed by atoms with Gasteiger partial charge in [0, 0.05) is 13.0 Å². The van der Waals surface area contributed by atoms with Crippen LogP contribution >= 0.6 is 12.2 Å². The zero-order valence-electron chi connectivity index (χ0n) is 11.5. The summed E-state index contributed by atoms with van der Waals surface area (Å²) in [4.78, 5) is 12.1. The zero-order chi connectivity index (χ0) is 15.0. The number of benzene rings is 1. The molecule has 0 saturated heterocycles. The molecule has 2 N–H and O–H groups in total. The topological polar surface area (TPSA) is 62.7 Å². The molecule has 110 valence electrons. The lowest BCUT2D eigenvalue weighted by Crippen LogP contribution is -2.26. The lowest BCUT2D eigenvalue weighted by molar-refractivity contribution is -0.122. The predicted octanol–water partition coefficient (Wildman–Crippen LogP) is 2.04. The van der Waals surface area contributed by atoms with Crippen LogP contribution in [0.4, 0.5) is 4.39 Å². The molecule has 0 unspecified atom stereocenters. The number of carbonyl (C=O) groups excluding carboxylic acids is 1. The summed E-state index contributed by atoms with van der Waals surface area (Å²) < 4.78 is 15.4. The third-order valence-corrected chi connectivity index (χ3v) is 4.16. The number of rotatable bonds is 4. The number of nitrogens with zero attached hydrogens (tertiary/aromatic N) is 2. The fourth-order valence-corrected chi connectivity index (χ4v) is 2.58. The van der Waals surface area contributed by atoms with Gasteiger partial charge < -0.3 is 9.88 Å². The number of hydrogen-bond acceptors (Lipinski definition) is 3. The van der Waals surface area contributed by atoms with Crippen molar-refractivity contribution >= 4 is 18.1 Å². The molecule has 1 aliphatic carbocycles. The number of aromatic amines is 1. The summed E-state index contributed by atoms with van der Waals surface area (Å²) in [6.07, 6.45) is 0.758. The fraction of sp³-hybridized carbons (Fsp3) is 0.357. The highest BCUT2D eigenvalue weighted by Gasteiger charge is 2.43. The van der Waals surface area contributed by atoms with E-state index < -0.39 is 0 Å². The van der Waals surface area contributed by atoms with Gasteiger partial charge in [-0.25, -0.2) is 4.39 Å². The van der Waals surface area contributed by atoms with Crippen LogP contribution in [0.1, 0.15) is 23.7 Å². The molecule has 1 saturated carbocycles. The monoisotopic (exact) mass is 306 g/mol. The summed E-state index contributed by atoms with van der Waals surface area (Å²) in [6.45, 7) is 0.328. The van der Waals surface area contributed by atoms with Crippen LogP contribution in [-0.2, 0) is 18.4 Å². The molecule has 7 heteroatoms. The van der Waals surface area contributed by atoms with Gasteiger partial charge in [-0.2, -0.15) is 5.10 Å². The van der Waals surface area contributed by atoms with Crippen molar-refractivity contribution in [3.05, 3.63) is 46.2 Å². The van der Waals surface area contributed by atoms with Crippen LogP contribution in [0.15, 0.2) is 24.3 Å². The Morgan fingerprint density at radius 2 is 2.43 bits per heavy atom. The van der Waals surface area contributed by atoms with E-state index in [1.165, 1.54) is 12.1 Å². The largest absolute Gasteiger partial charge is 0.349 e. The molecule has 2 aromatic rings. The van der Waals surface area contributed by atoms with Crippen molar-refractivity contribution < 1.29 is 9.18 Å². The van der Waals surface area contributed by atoms with Crippen molar-refractivity contribution in [2.24, 2.45) is 13.0 Å². The molecule has 1 fully saturated rings. The molecule has 1 amide bonds. The van der Waals surface area contributed by atoms with Gasteiger partial charge in [-0.05, 0) is 42.3 Å². The molecule has 5 nitrogen and oxygen atoms in total. The van der Waals surface area contributed by atoms with Gasteiger partial charge in [-0.1, -0.05) is 12.1 Å². The first kappa shape index (κ1) is 13.9. The van der Waals surface area contributed by atoms with Gasteiger partial charge in [-0.15, -0.1) is 0 Å². The Morgan fingerprint density at radius 1 is 1.62 bits per heavy atom. The Bertz CT molecular complexity index is 739. The van der Waals surface area contributed by atoms with E-state index in [0.29, 0.717) is 17.1 Å². The van der Waals surface area contributed by atoms with E-state index >= 15 is 0 Å². The summed E-state index contributed by atoms with van der Waals surface area (Å²) in [5.41, 5.74) is 0.883. The number of H-pyrrole nitrogens is 1. The number of hydrogen-bond donors (Lipinski definition) is 2. The van der Waals surface area contributed by atoms with Gasteiger partial charge >= 0.3 is 0 Å². The van der Waals surface area contributed by atoms with Crippen molar-refractivity contribution in [3.8, 4) is 0 Å². The molecule has 21 heavy (non-hydrogen) atoms. The van der Waals surface area contributed by atoms with Gasteiger partial charge in [-0.3, -0.25) is 9.89 Å². The zero-order valence-corrected chi connectivity index (χ0v) is 12.3. The second kappa shape index (κ2) is 5.40. The van der Waals surface area contributed by atoms with E-state index in [-0.39, 0.29) is 23.6 Å². The first-order valence-corrected chi connectivity index (χ1v) is 7.10. The predicted molar refractivity (Wildman–Crippen MR) is 77.5 cm³/mol. The van der Waals surface area contributed by atoms with Gasteiger partial charge in [0.05, 0.1) is 6.54 Å². The lowest BCUT2D eigenvalue weighted by atomic mass is 10.1. The van der Waals surface area contributed by atoms with E-state index in [1.54, 1.807) is 17.7 Å². The maximum absolute atomic E-state index is 13.2. The van der Waals surface area contributed by atoms with Crippen LogP contribution in [0.25, 0.3) is 0 Å². The quantitative estimate of drug-likeness (QED) is 0.850. The molecule has 1 aromatic carbocycles. The van der Waals surface area contributed by atoms with Crippen LogP contribution < -0.4 is 5.32 Å². The molecule has 0 aliphatic heterocycles. The molecule has 0 bridgehead atoms. The Morgan fingerprint density at radius 3 is 3.10 bits per heavy atom. The SMILES string of the molecule is Cn1c(CNC(=O)[C@H]2C[C@H]2c2cccc(F)c2)n[nH]c1=S. The minimum Gasteiger partial charge on any atom is -0.349 e. The number of carbonyl (C=O) groups is 1. The summed E-state index contributed by atoms with van der Waals surface area (Å²) in [5, 5.41) is 9.55. The Hall–Kier alpha value is -2.02. The molecule has 3 rings (SSSR count). The molecular weight excluding hydrogens is 291 g/mol. The summed E-state index contributed by atoms with van der Waals surface area (Å²) in [6, 6.07) is 6.44. The Balaban J connectivity index is 1.58. The minimum atomic E-state index is -0.264. The maximum Gasteiger partial charge on any atom is 0.224 e. The van der Waals surface area contributed by atoms with E-state index in [1.807, 2.05) is 6.07 Å². The highest BCUT2D eigenvalue weighted by atomic mass is 32.1. The smallest absolute Gasteiger partial charge is 0.224 e. The van der Waals surface area contributed by atoms with E-state index in [4.69, 9.17) is 12.2 Å². The number of aromatic nitrogens is 3. The van der Waals surface area contributed by atoms with Gasteiger partial charge in [0.2, 0.25) is 5.91 Å². The highest BCUT2D eigenvalue weighted by molar-refractivity contribution is 7.71. The van der Waals surface area contributed by atoms with Crippen molar-refractivity contribution in [1.29, 1.82) is 0 Å². The van der Waals surface area contributed by atoms with E-state index in [9.17, 15) is 9.18 Å². The maximum atomic E-state index is 13.2. The summed E-state index contributed by atoms with van der Waals surface area (Å²) in [7, 11) is 1.79. The summed E-state index contributed by atoms with van der Waals surface area (Å²) >= 11 is 5.01. The highest BCUT2D eigenvalue weighted by Crippen LogP contribution is 2.47. The molecule has 1 heterocycles. The lowest BCUT2D eigenvalue weighted by Gasteiger charge is -2.04. The molecule has 0 spiro atoms. The number of halogens is 1. The number of amides is 1. The van der Waals surface area contributed by atoms with Gasteiger partial charge in [0.15, 0.2) is 10.6 Å². The molecule has 1 aliphatic rings. The van der Waals surface area contributed by atoms with Crippen molar-refractivity contribution in [3.63, 3.8) is 0 Å². The summed E-state index contributed by atoms with van der Waals surface area (Å²) in [5.74, 6) is 0.414. The number of nitrogens with one attached hydrogen (secondary N) is 2. The second-order valence-corrected chi connectivity index (χ2v) is 5.61. The van der Waals surface area contributed by atoms with Gasteiger partial charge in [0.25, 0.3) is 0 Å². The third kappa shape index (κ3) is 2.87. The standard InChI is InChI=1S/C14H15FN4OS/c1-19-12(17-18-14(19)21)7-16-13(20)11-6-10(11)8-3-2-4-9(15)5-8/h2-5,10-11H,6-7H2,1H3,(H,16,20)(H,18,21)/t10-,11-/m0/s1. The normalized spacial score (nSPS) is 20.3. The van der Waals surface area contributed by atoms with Crippen LogP contribution in [0, 0.1) is 16.5 Å². The first-order chi connectivity index (χ1) is 10.1. The van der Waals surface area contributed by atoms with Crippen molar-refractivity contribution in [2.75, 3.05) is 0 Å². The van der Waals surface area contributed by atoms with Crippen LogP contribution in [0.2, 0.25) is 0 Å². The van der Waals surface area contributed by atoms with Gasteiger partial charge in [0.1, 0.15) is 5.82 Å². The molecule has 2 atom stereocenters. The minimum absolute atomic E-state index is 0.0295. The van der Waals surface area contributed by atoms with Crippen LogP contribution in [0.3, 0.4) is 0 Å². The Kier molecular flexibility index (Phi) is 3.59. The third-order valence-electron chi connectivity index (χ3n) is 3.80. The Labute approximate surface area is 126 Å². The van der Waals surface area contributed by atoms with Crippen molar-refractivity contribution in [1.82, 2.24) is 20.1 Å². The first-order valence-electron chi connectivity index (χ1n) is 6.69. The van der Waals surface area contributed by atoms with Crippen LogP contribution in [0.5, 0.6) is 0 Å². The van der Waals surface area contributed by atoms with E-state index in [0.717, 1.165) is 12.0 Å². The molecular formula is C14H15FN4OS. The van der Waals surface area contributed by atoms with Crippen LogP contribution in [-0.4, -0.2) is 20.7 Å². The average molecular weight is 306 g/mol.